The average Bonchev–Trinajstić information content (AvgIpc) is 3.12. The largest absolute Gasteiger partial charge is 0.573 e. The number of rotatable bonds is 7. The number of halogens is 4. The van der Waals surface area contributed by atoms with E-state index in [0.717, 1.165) is 16.9 Å². The van der Waals surface area contributed by atoms with Crippen molar-refractivity contribution in [1.29, 1.82) is 0 Å². The Hall–Kier alpha value is -3.05. The maximum atomic E-state index is 12.9. The number of anilines is 1. The van der Waals surface area contributed by atoms with Crippen molar-refractivity contribution in [3.05, 3.63) is 69.9 Å². The maximum absolute atomic E-state index is 12.9. The van der Waals surface area contributed by atoms with Gasteiger partial charge < -0.3 is 10.1 Å². The van der Waals surface area contributed by atoms with Gasteiger partial charge in [0.15, 0.2) is 0 Å². The van der Waals surface area contributed by atoms with Crippen LogP contribution in [0.2, 0.25) is 0 Å². The number of ether oxygens (including phenoxy) is 1. The molecule has 30 heavy (non-hydrogen) atoms. The van der Waals surface area contributed by atoms with Gasteiger partial charge in [-0.25, -0.2) is 4.39 Å². The summed E-state index contributed by atoms with van der Waals surface area (Å²) in [5, 5.41) is 11.2. The third-order valence-corrected chi connectivity index (χ3v) is 4.68. The lowest BCUT2D eigenvalue weighted by atomic mass is 10.2. The highest BCUT2D eigenvalue weighted by Crippen LogP contribution is 2.23. The average molecular weight is 440 g/mol. The normalized spacial score (nSPS) is 11.5. The smallest absolute Gasteiger partial charge is 0.406 e. The summed E-state index contributed by atoms with van der Waals surface area (Å²) < 4.78 is 53.4. The van der Waals surface area contributed by atoms with Crippen molar-refractivity contribution < 1.29 is 27.1 Å². The van der Waals surface area contributed by atoms with Crippen LogP contribution < -0.4 is 10.1 Å². The molecule has 6 nitrogen and oxygen atoms in total. The molecule has 1 heterocycles. The van der Waals surface area contributed by atoms with Crippen LogP contribution in [0.3, 0.4) is 0 Å². The third kappa shape index (κ3) is 6.49. The fourth-order valence-corrected chi connectivity index (χ4v) is 3.34. The number of alkyl halides is 3. The van der Waals surface area contributed by atoms with Gasteiger partial charge in [0.1, 0.15) is 16.6 Å². The predicted octanol–water partition coefficient (Wildman–Crippen LogP) is 4.46. The molecule has 3 rings (SSSR count). The van der Waals surface area contributed by atoms with Crippen molar-refractivity contribution in [2.45, 2.75) is 19.5 Å². The van der Waals surface area contributed by atoms with E-state index in [2.05, 4.69) is 20.3 Å². The van der Waals surface area contributed by atoms with E-state index in [1.807, 2.05) is 4.90 Å². The zero-order valence-electron chi connectivity index (χ0n) is 15.6. The van der Waals surface area contributed by atoms with Gasteiger partial charge in [-0.15, -0.1) is 23.4 Å². The van der Waals surface area contributed by atoms with E-state index in [0.29, 0.717) is 23.8 Å². The van der Waals surface area contributed by atoms with E-state index in [-0.39, 0.29) is 10.8 Å². The second-order valence-corrected chi connectivity index (χ2v) is 7.39. The van der Waals surface area contributed by atoms with Crippen molar-refractivity contribution in [2.75, 3.05) is 12.4 Å². The monoisotopic (exact) mass is 440 g/mol. The van der Waals surface area contributed by atoms with E-state index in [1.54, 1.807) is 19.2 Å². The summed E-state index contributed by atoms with van der Waals surface area (Å²) in [6.07, 6.45) is -4.73. The van der Waals surface area contributed by atoms with Crippen molar-refractivity contribution in [1.82, 2.24) is 15.1 Å². The van der Waals surface area contributed by atoms with E-state index < -0.39 is 18.1 Å². The molecule has 158 valence electrons. The number of nitrogens with zero attached hydrogens (tertiary/aromatic N) is 3. The molecule has 0 unspecified atom stereocenters. The summed E-state index contributed by atoms with van der Waals surface area (Å²) in [6.45, 7) is 0.839. The van der Waals surface area contributed by atoms with Crippen molar-refractivity contribution in [3.8, 4) is 5.75 Å². The molecule has 0 aliphatic heterocycles. The lowest BCUT2D eigenvalue weighted by Crippen LogP contribution is -2.18. The number of carbonyl (C=O) groups is 1. The Morgan fingerprint density at radius 2 is 1.73 bits per heavy atom. The van der Waals surface area contributed by atoms with Crippen LogP contribution >= 0.6 is 11.3 Å². The summed E-state index contributed by atoms with van der Waals surface area (Å²) in [5.41, 5.74) is 1.22. The maximum Gasteiger partial charge on any atom is 0.573 e. The SMILES string of the molecule is CN(Cc1ccc(OC(F)(F)F)cc1)Cc1nnc(C(=O)Nc2ccc(F)cc2)s1. The van der Waals surface area contributed by atoms with E-state index in [9.17, 15) is 22.4 Å². The van der Waals surface area contributed by atoms with E-state index in [1.165, 1.54) is 36.4 Å². The van der Waals surface area contributed by atoms with Gasteiger partial charge in [0, 0.05) is 12.2 Å². The van der Waals surface area contributed by atoms with E-state index in [4.69, 9.17) is 0 Å². The minimum Gasteiger partial charge on any atom is -0.406 e. The number of hydrogen-bond acceptors (Lipinski definition) is 6. The zero-order chi connectivity index (χ0) is 21.7. The highest BCUT2D eigenvalue weighted by molar-refractivity contribution is 7.13. The summed E-state index contributed by atoms with van der Waals surface area (Å²) in [4.78, 5) is 14.1. The molecule has 0 radical (unpaired) electrons. The van der Waals surface area contributed by atoms with Gasteiger partial charge in [-0.3, -0.25) is 9.69 Å². The second-order valence-electron chi connectivity index (χ2n) is 6.33. The zero-order valence-corrected chi connectivity index (χ0v) is 16.4. The van der Waals surface area contributed by atoms with Gasteiger partial charge in [0.2, 0.25) is 5.01 Å². The second kappa shape index (κ2) is 9.18. The standard InChI is InChI=1S/C19H16F4N4O2S/c1-27(10-12-2-8-15(9-3-12)29-19(21,22)23)11-16-25-26-18(30-16)17(28)24-14-6-4-13(20)5-7-14/h2-9H,10-11H2,1H3,(H,24,28). The van der Waals surface area contributed by atoms with Crippen LogP contribution in [-0.4, -0.2) is 34.4 Å². The molecule has 0 aliphatic rings. The first kappa shape index (κ1) is 21.7. The van der Waals surface area contributed by atoms with Crippen LogP contribution in [0, 0.1) is 5.82 Å². The minimum absolute atomic E-state index is 0.163. The molecule has 11 heteroatoms. The number of amides is 1. The lowest BCUT2D eigenvalue weighted by Gasteiger charge is -2.15. The van der Waals surface area contributed by atoms with Crippen LogP contribution in [0.25, 0.3) is 0 Å². The summed E-state index contributed by atoms with van der Waals surface area (Å²) in [5.74, 6) is -1.14. The Bertz CT molecular complexity index is 991. The summed E-state index contributed by atoms with van der Waals surface area (Å²) in [7, 11) is 1.81. The highest BCUT2D eigenvalue weighted by Gasteiger charge is 2.30. The molecule has 0 bridgehead atoms. The number of hydrogen-bond donors (Lipinski definition) is 1. The quantitative estimate of drug-likeness (QED) is 0.550. The Balaban J connectivity index is 1.53. The van der Waals surface area contributed by atoms with Crippen LogP contribution in [-0.2, 0) is 13.1 Å². The van der Waals surface area contributed by atoms with Crippen LogP contribution in [0.5, 0.6) is 5.75 Å². The van der Waals surface area contributed by atoms with E-state index >= 15 is 0 Å². The number of carbonyl (C=O) groups excluding carboxylic acids is 1. The third-order valence-electron chi connectivity index (χ3n) is 3.78. The molecule has 0 fully saturated rings. The summed E-state index contributed by atoms with van der Waals surface area (Å²) in [6, 6.07) is 10.9. The Labute approximate surface area is 173 Å². The highest BCUT2D eigenvalue weighted by atomic mass is 32.1. The fraction of sp³-hybridized carbons (Fsp3) is 0.211. The first-order valence-corrected chi connectivity index (χ1v) is 9.42. The van der Waals surface area contributed by atoms with Gasteiger partial charge in [-0.2, -0.15) is 0 Å². The minimum atomic E-state index is -4.73. The van der Waals surface area contributed by atoms with Gasteiger partial charge in [0.25, 0.3) is 5.91 Å². The van der Waals surface area contributed by atoms with Gasteiger partial charge in [-0.1, -0.05) is 23.5 Å². The first-order chi connectivity index (χ1) is 14.2. The number of nitrogens with one attached hydrogen (secondary N) is 1. The van der Waals surface area contributed by atoms with Crippen molar-refractivity contribution >= 4 is 22.9 Å². The topological polar surface area (TPSA) is 67.3 Å². The molecule has 3 aromatic rings. The van der Waals surface area contributed by atoms with Crippen molar-refractivity contribution in [3.63, 3.8) is 0 Å². The number of benzene rings is 2. The predicted molar refractivity (Wildman–Crippen MR) is 103 cm³/mol. The van der Waals surface area contributed by atoms with Gasteiger partial charge in [0.05, 0.1) is 6.54 Å². The molecular weight excluding hydrogens is 424 g/mol. The van der Waals surface area contributed by atoms with Crippen LogP contribution in [0.1, 0.15) is 20.4 Å². The molecule has 0 saturated heterocycles. The molecule has 1 aromatic heterocycles. The Kier molecular flexibility index (Phi) is 6.63. The van der Waals surface area contributed by atoms with Crippen LogP contribution in [0.15, 0.2) is 48.5 Å². The van der Waals surface area contributed by atoms with Crippen LogP contribution in [0.4, 0.5) is 23.2 Å². The molecule has 0 saturated carbocycles. The molecule has 1 N–H and O–H groups in total. The molecule has 0 spiro atoms. The Morgan fingerprint density at radius 3 is 2.37 bits per heavy atom. The van der Waals surface area contributed by atoms with Crippen molar-refractivity contribution in [2.24, 2.45) is 0 Å². The fourth-order valence-electron chi connectivity index (χ4n) is 2.52. The molecule has 1 amide bonds. The summed E-state index contributed by atoms with van der Waals surface area (Å²) >= 11 is 1.12. The van der Waals surface area contributed by atoms with Gasteiger partial charge in [-0.05, 0) is 49.0 Å². The number of aromatic nitrogens is 2. The van der Waals surface area contributed by atoms with Gasteiger partial charge >= 0.3 is 6.36 Å². The first-order valence-electron chi connectivity index (χ1n) is 8.60. The molecule has 0 atom stereocenters. The molecular formula is C19H16F4N4O2S. The molecule has 0 aliphatic carbocycles. The Morgan fingerprint density at radius 1 is 1.07 bits per heavy atom. The molecule has 2 aromatic carbocycles. The lowest BCUT2D eigenvalue weighted by molar-refractivity contribution is -0.274.